The summed E-state index contributed by atoms with van der Waals surface area (Å²) >= 11 is 1.81. The van der Waals surface area contributed by atoms with E-state index in [-0.39, 0.29) is 6.71 Å². The molecule has 0 aliphatic carbocycles. The van der Waals surface area contributed by atoms with Crippen LogP contribution in [0.5, 0.6) is 23.0 Å². The Balaban J connectivity index is 1.30. The van der Waals surface area contributed by atoms with E-state index in [9.17, 15) is 0 Å². The molecule has 1 aromatic heterocycles. The van der Waals surface area contributed by atoms with E-state index in [0.29, 0.717) is 0 Å². The van der Waals surface area contributed by atoms with Crippen LogP contribution in [0.2, 0.25) is 0 Å². The molecular weight excluding hydrogens is 569 g/mol. The lowest BCUT2D eigenvalue weighted by atomic mass is 9.35. The molecule has 10 rings (SSSR count). The SMILES string of the molecule is c1ccc(N(c2ccccc2)c2cc3sc4c5c6c(cc4c3c3ccccc23)Oc2ccccc2B6c2ccccc2O5)cc1. The lowest BCUT2D eigenvalue weighted by molar-refractivity contribution is 0.469. The minimum Gasteiger partial charge on any atom is -0.458 e. The second kappa shape index (κ2) is 9.49. The molecular formula is C40H24BNO2S. The zero-order valence-corrected chi connectivity index (χ0v) is 24.9. The van der Waals surface area contributed by atoms with Crippen molar-refractivity contribution in [1.29, 1.82) is 0 Å². The molecule has 0 fully saturated rings. The van der Waals surface area contributed by atoms with Gasteiger partial charge < -0.3 is 14.4 Å². The standard InChI is InChI=1S/C40H24BNO2S/c1-3-13-25(14-4-1)42(26-15-5-2-6-16-26)32-24-36-37(28-18-8-7-17-27(28)32)29-23-35-38-39(40(29)45-36)44-34-22-12-10-20-31(34)41(38)30-19-9-11-21-33(30)43-35/h1-24H. The van der Waals surface area contributed by atoms with Crippen LogP contribution < -0.4 is 30.8 Å². The maximum atomic E-state index is 6.83. The van der Waals surface area contributed by atoms with E-state index in [2.05, 4.69) is 150 Å². The van der Waals surface area contributed by atoms with Gasteiger partial charge in [-0.05, 0) is 64.8 Å². The molecule has 0 amide bonds. The van der Waals surface area contributed by atoms with Crippen molar-refractivity contribution in [2.24, 2.45) is 0 Å². The van der Waals surface area contributed by atoms with Gasteiger partial charge in [0, 0.05) is 37.7 Å². The van der Waals surface area contributed by atoms with E-state index in [0.717, 1.165) is 55.6 Å². The average Bonchev–Trinajstić information content (AvgIpc) is 3.48. The van der Waals surface area contributed by atoms with Crippen molar-refractivity contribution in [3.8, 4) is 23.0 Å². The fraction of sp³-hybridized carbons (Fsp3) is 0. The van der Waals surface area contributed by atoms with Crippen molar-refractivity contribution < 1.29 is 9.47 Å². The number of hydrogen-bond donors (Lipinski definition) is 0. The summed E-state index contributed by atoms with van der Waals surface area (Å²) in [6, 6.07) is 51.5. The Labute approximate surface area is 264 Å². The molecule has 7 aromatic carbocycles. The Morgan fingerprint density at radius 3 is 1.78 bits per heavy atom. The van der Waals surface area contributed by atoms with Gasteiger partial charge in [-0.25, -0.2) is 0 Å². The summed E-state index contributed by atoms with van der Waals surface area (Å²) in [5.74, 6) is 3.60. The maximum Gasteiger partial charge on any atom is 0.260 e. The molecule has 0 atom stereocenters. The van der Waals surface area contributed by atoms with Gasteiger partial charge in [-0.15, -0.1) is 11.3 Å². The topological polar surface area (TPSA) is 21.7 Å². The van der Waals surface area contributed by atoms with E-state index in [1.54, 1.807) is 0 Å². The van der Waals surface area contributed by atoms with Gasteiger partial charge in [0.1, 0.15) is 23.0 Å². The summed E-state index contributed by atoms with van der Waals surface area (Å²) in [5.41, 5.74) is 6.86. The Morgan fingerprint density at radius 1 is 0.511 bits per heavy atom. The molecule has 5 heteroatoms. The number of rotatable bonds is 3. The van der Waals surface area contributed by atoms with Crippen LogP contribution in [0.4, 0.5) is 17.1 Å². The van der Waals surface area contributed by atoms with Crippen LogP contribution in [0, 0.1) is 0 Å². The highest BCUT2D eigenvalue weighted by Crippen LogP contribution is 2.50. The predicted molar refractivity (Wildman–Crippen MR) is 189 cm³/mol. The van der Waals surface area contributed by atoms with Crippen molar-refractivity contribution in [3.05, 3.63) is 146 Å². The van der Waals surface area contributed by atoms with Gasteiger partial charge in [0.05, 0.1) is 10.4 Å². The van der Waals surface area contributed by atoms with Crippen LogP contribution in [0.25, 0.3) is 30.9 Å². The normalized spacial score (nSPS) is 12.8. The highest BCUT2D eigenvalue weighted by molar-refractivity contribution is 7.26. The van der Waals surface area contributed by atoms with E-state index in [4.69, 9.17) is 9.47 Å². The van der Waals surface area contributed by atoms with Crippen molar-refractivity contribution >= 4 is 82.4 Å². The second-order valence-corrected chi connectivity index (χ2v) is 12.7. The summed E-state index contributed by atoms with van der Waals surface area (Å²) in [4.78, 5) is 2.36. The molecule has 2 aliphatic heterocycles. The van der Waals surface area contributed by atoms with Crippen molar-refractivity contribution in [3.63, 3.8) is 0 Å². The van der Waals surface area contributed by atoms with Gasteiger partial charge in [-0.2, -0.15) is 0 Å². The fourth-order valence-electron chi connectivity index (χ4n) is 7.27. The molecule has 0 unspecified atom stereocenters. The van der Waals surface area contributed by atoms with Gasteiger partial charge >= 0.3 is 0 Å². The van der Waals surface area contributed by atoms with E-state index in [1.165, 1.54) is 31.8 Å². The molecule has 8 aromatic rings. The molecule has 0 bridgehead atoms. The number of anilines is 3. The van der Waals surface area contributed by atoms with Crippen molar-refractivity contribution in [2.75, 3.05) is 4.90 Å². The molecule has 45 heavy (non-hydrogen) atoms. The Morgan fingerprint density at radius 2 is 1.09 bits per heavy atom. The fourth-order valence-corrected chi connectivity index (χ4v) is 8.50. The molecule has 0 radical (unpaired) electrons. The zero-order chi connectivity index (χ0) is 29.5. The summed E-state index contributed by atoms with van der Waals surface area (Å²) in [5, 5.41) is 4.80. The molecule has 2 aliphatic rings. The van der Waals surface area contributed by atoms with Crippen molar-refractivity contribution in [1.82, 2.24) is 0 Å². The Kier molecular flexibility index (Phi) is 5.25. The monoisotopic (exact) mass is 593 g/mol. The van der Waals surface area contributed by atoms with Crippen LogP contribution in [0.1, 0.15) is 0 Å². The number of nitrogens with zero attached hydrogens (tertiary/aromatic N) is 1. The highest BCUT2D eigenvalue weighted by atomic mass is 32.1. The number of hydrogen-bond acceptors (Lipinski definition) is 4. The van der Waals surface area contributed by atoms with E-state index in [1.807, 2.05) is 11.3 Å². The molecule has 3 heterocycles. The van der Waals surface area contributed by atoms with Crippen LogP contribution in [-0.4, -0.2) is 6.71 Å². The number of para-hydroxylation sites is 4. The van der Waals surface area contributed by atoms with Gasteiger partial charge in [0.2, 0.25) is 0 Å². The van der Waals surface area contributed by atoms with Crippen LogP contribution in [0.15, 0.2) is 146 Å². The van der Waals surface area contributed by atoms with Gasteiger partial charge in [-0.3, -0.25) is 0 Å². The zero-order valence-electron chi connectivity index (χ0n) is 24.1. The van der Waals surface area contributed by atoms with Crippen LogP contribution >= 0.6 is 11.3 Å². The molecule has 210 valence electrons. The first-order valence-corrected chi connectivity index (χ1v) is 16.0. The predicted octanol–water partition coefficient (Wildman–Crippen LogP) is 9.41. The molecule has 0 saturated carbocycles. The third-order valence-corrected chi connectivity index (χ3v) is 10.3. The summed E-state index contributed by atoms with van der Waals surface area (Å²) in [7, 11) is 0. The lowest BCUT2D eigenvalue weighted by Crippen LogP contribution is -2.57. The lowest BCUT2D eigenvalue weighted by Gasteiger charge is -2.33. The first-order valence-electron chi connectivity index (χ1n) is 15.2. The Bertz CT molecular complexity index is 2410. The quantitative estimate of drug-likeness (QED) is 0.191. The molecule has 3 nitrogen and oxygen atoms in total. The third-order valence-electron chi connectivity index (χ3n) is 9.15. The van der Waals surface area contributed by atoms with Crippen molar-refractivity contribution in [2.45, 2.75) is 0 Å². The average molecular weight is 594 g/mol. The number of ether oxygens (including phenoxy) is 2. The second-order valence-electron chi connectivity index (χ2n) is 11.6. The van der Waals surface area contributed by atoms with E-state index < -0.39 is 0 Å². The minimum atomic E-state index is 0.0541. The Hall–Kier alpha value is -5.52. The van der Waals surface area contributed by atoms with Gasteiger partial charge in [-0.1, -0.05) is 97.1 Å². The number of benzene rings is 7. The number of fused-ring (bicyclic) bond motifs is 10. The van der Waals surface area contributed by atoms with Crippen LogP contribution in [-0.2, 0) is 0 Å². The molecule has 0 spiro atoms. The first-order chi connectivity index (χ1) is 22.3. The number of thiophene rings is 1. The largest absolute Gasteiger partial charge is 0.458 e. The summed E-state index contributed by atoms with van der Waals surface area (Å²) < 4.78 is 15.9. The van der Waals surface area contributed by atoms with Gasteiger partial charge in [0.25, 0.3) is 6.71 Å². The van der Waals surface area contributed by atoms with Crippen LogP contribution in [0.3, 0.4) is 0 Å². The smallest absolute Gasteiger partial charge is 0.260 e. The molecule has 0 N–H and O–H groups in total. The third kappa shape index (κ3) is 3.59. The van der Waals surface area contributed by atoms with E-state index >= 15 is 0 Å². The highest BCUT2D eigenvalue weighted by Gasteiger charge is 2.41. The summed E-state index contributed by atoms with van der Waals surface area (Å²) in [6.07, 6.45) is 0. The maximum absolute atomic E-state index is 6.83. The summed E-state index contributed by atoms with van der Waals surface area (Å²) in [6.45, 7) is 0.0541. The van der Waals surface area contributed by atoms with Gasteiger partial charge in [0.15, 0.2) is 0 Å². The first kappa shape index (κ1) is 24.9. The minimum absolute atomic E-state index is 0.0541. The molecule has 0 saturated heterocycles.